The molecule has 1 fully saturated rings. The monoisotopic (exact) mass is 338 g/mol. The highest BCUT2D eigenvalue weighted by Gasteiger charge is 2.23. The fraction of sp³-hybridized carbons (Fsp3) is 0.647. The van der Waals surface area contributed by atoms with Crippen molar-refractivity contribution in [2.24, 2.45) is 0 Å². The van der Waals surface area contributed by atoms with Crippen LogP contribution in [0.5, 0.6) is 0 Å². The highest BCUT2D eigenvalue weighted by atomic mass is 79.9. The summed E-state index contributed by atoms with van der Waals surface area (Å²) < 4.78 is 1.18. The van der Waals surface area contributed by atoms with Crippen molar-refractivity contribution >= 4 is 15.9 Å². The Kier molecular flexibility index (Phi) is 6.53. The highest BCUT2D eigenvalue weighted by molar-refractivity contribution is 9.10. The van der Waals surface area contributed by atoms with E-state index in [-0.39, 0.29) is 0 Å². The van der Waals surface area contributed by atoms with E-state index >= 15 is 0 Å². The van der Waals surface area contributed by atoms with Gasteiger partial charge in [-0.05, 0) is 56.5 Å². The molecular formula is C17H27BrN2. The topological polar surface area (TPSA) is 15.3 Å². The summed E-state index contributed by atoms with van der Waals surface area (Å²) in [6.45, 7) is 8.14. The van der Waals surface area contributed by atoms with Crippen molar-refractivity contribution in [3.8, 4) is 0 Å². The summed E-state index contributed by atoms with van der Waals surface area (Å²) >= 11 is 3.61. The minimum absolute atomic E-state index is 0.537. The summed E-state index contributed by atoms with van der Waals surface area (Å²) in [7, 11) is 0. The van der Waals surface area contributed by atoms with Gasteiger partial charge >= 0.3 is 0 Å². The van der Waals surface area contributed by atoms with Crippen LogP contribution < -0.4 is 5.32 Å². The van der Waals surface area contributed by atoms with Gasteiger partial charge in [-0.1, -0.05) is 41.9 Å². The van der Waals surface area contributed by atoms with Crippen molar-refractivity contribution in [3.63, 3.8) is 0 Å². The van der Waals surface area contributed by atoms with Crippen LogP contribution in [0, 0.1) is 0 Å². The lowest BCUT2D eigenvalue weighted by Gasteiger charge is -2.33. The third kappa shape index (κ3) is 4.31. The molecule has 1 heterocycles. The maximum absolute atomic E-state index is 3.64. The van der Waals surface area contributed by atoms with E-state index in [0.29, 0.717) is 12.1 Å². The molecule has 0 bridgehead atoms. The Labute approximate surface area is 132 Å². The average Bonchev–Trinajstić information content (AvgIpc) is 2.93. The smallest absolute Gasteiger partial charge is 0.0346 e. The van der Waals surface area contributed by atoms with Crippen molar-refractivity contribution in [2.75, 3.05) is 19.6 Å². The van der Waals surface area contributed by atoms with Crippen molar-refractivity contribution in [1.29, 1.82) is 0 Å². The summed E-state index contributed by atoms with van der Waals surface area (Å²) in [6.07, 6.45) is 5.05. The Hall–Kier alpha value is -0.380. The normalized spacial score (nSPS) is 20.5. The Morgan fingerprint density at radius 2 is 2.25 bits per heavy atom. The zero-order valence-corrected chi connectivity index (χ0v) is 14.3. The lowest BCUT2D eigenvalue weighted by Crippen LogP contribution is -2.40. The molecule has 112 valence electrons. The van der Waals surface area contributed by atoms with Crippen molar-refractivity contribution in [2.45, 2.75) is 51.6 Å². The van der Waals surface area contributed by atoms with E-state index < -0.39 is 0 Å². The molecule has 0 aliphatic carbocycles. The molecule has 2 unspecified atom stereocenters. The standard InChI is InChI=1S/C17H27BrN2/c1-3-11-20(13-16-9-6-10-19-16)17(4-2)14-7-5-8-15(18)12-14/h5,7-8,12,16-17,19H,3-4,6,9-11,13H2,1-2H3. The molecule has 2 nitrogen and oxygen atoms in total. The van der Waals surface area contributed by atoms with Gasteiger partial charge in [0, 0.05) is 23.1 Å². The number of hydrogen-bond acceptors (Lipinski definition) is 2. The number of hydrogen-bond donors (Lipinski definition) is 1. The van der Waals surface area contributed by atoms with Crippen LogP contribution in [0.1, 0.15) is 51.1 Å². The van der Waals surface area contributed by atoms with Gasteiger partial charge in [0.25, 0.3) is 0 Å². The molecule has 0 amide bonds. The predicted molar refractivity (Wildman–Crippen MR) is 90.1 cm³/mol. The second-order valence-corrected chi connectivity index (χ2v) is 6.68. The molecule has 20 heavy (non-hydrogen) atoms. The molecule has 1 N–H and O–H groups in total. The molecular weight excluding hydrogens is 312 g/mol. The molecule has 0 radical (unpaired) electrons. The highest BCUT2D eigenvalue weighted by Crippen LogP contribution is 2.27. The van der Waals surface area contributed by atoms with Crippen LogP contribution in [-0.2, 0) is 0 Å². The molecule has 0 saturated carbocycles. The maximum Gasteiger partial charge on any atom is 0.0346 e. The zero-order valence-electron chi connectivity index (χ0n) is 12.7. The van der Waals surface area contributed by atoms with Crippen LogP contribution >= 0.6 is 15.9 Å². The number of rotatable bonds is 7. The lowest BCUT2D eigenvalue weighted by molar-refractivity contribution is 0.176. The second-order valence-electron chi connectivity index (χ2n) is 5.77. The summed E-state index contributed by atoms with van der Waals surface area (Å²) in [6, 6.07) is 10.0. The molecule has 0 spiro atoms. The van der Waals surface area contributed by atoms with Gasteiger partial charge in [-0.15, -0.1) is 0 Å². The average molecular weight is 339 g/mol. The SMILES string of the molecule is CCCN(CC1CCCN1)C(CC)c1cccc(Br)c1. The predicted octanol–water partition coefficient (Wildman–Crippen LogP) is 4.36. The summed E-state index contributed by atoms with van der Waals surface area (Å²) in [4.78, 5) is 2.67. The fourth-order valence-electron chi connectivity index (χ4n) is 3.28. The Morgan fingerprint density at radius 1 is 1.40 bits per heavy atom. The second kappa shape index (κ2) is 8.16. The van der Waals surface area contributed by atoms with E-state index in [1.807, 2.05) is 0 Å². The zero-order chi connectivity index (χ0) is 14.4. The van der Waals surface area contributed by atoms with Gasteiger partial charge in [-0.2, -0.15) is 0 Å². The molecule has 2 rings (SSSR count). The Balaban J connectivity index is 2.11. The molecule has 1 aromatic carbocycles. The third-order valence-corrected chi connectivity index (χ3v) is 4.68. The molecule has 1 aliphatic rings. The number of nitrogens with one attached hydrogen (secondary N) is 1. The fourth-order valence-corrected chi connectivity index (χ4v) is 3.69. The van der Waals surface area contributed by atoms with Crippen LogP contribution in [0.15, 0.2) is 28.7 Å². The van der Waals surface area contributed by atoms with Gasteiger partial charge in [-0.25, -0.2) is 0 Å². The van der Waals surface area contributed by atoms with Gasteiger partial charge < -0.3 is 5.32 Å². The van der Waals surface area contributed by atoms with Gasteiger partial charge in [0.15, 0.2) is 0 Å². The van der Waals surface area contributed by atoms with Gasteiger partial charge in [0.2, 0.25) is 0 Å². The maximum atomic E-state index is 3.64. The van der Waals surface area contributed by atoms with E-state index in [1.54, 1.807) is 0 Å². The number of halogens is 1. The largest absolute Gasteiger partial charge is 0.313 e. The molecule has 2 atom stereocenters. The minimum atomic E-state index is 0.537. The molecule has 1 aliphatic heterocycles. The van der Waals surface area contributed by atoms with E-state index in [0.717, 1.165) is 0 Å². The first-order chi connectivity index (χ1) is 9.74. The van der Waals surface area contributed by atoms with E-state index in [9.17, 15) is 0 Å². The Bertz CT molecular complexity index is 402. The first kappa shape index (κ1) is 16.0. The first-order valence-electron chi connectivity index (χ1n) is 7.97. The lowest BCUT2D eigenvalue weighted by atomic mass is 10.0. The van der Waals surface area contributed by atoms with Gasteiger partial charge in [0.1, 0.15) is 0 Å². The molecule has 1 aromatic rings. The van der Waals surface area contributed by atoms with E-state index in [1.165, 1.54) is 55.4 Å². The summed E-state index contributed by atoms with van der Waals surface area (Å²) in [5.41, 5.74) is 1.44. The quantitative estimate of drug-likeness (QED) is 0.794. The van der Waals surface area contributed by atoms with Gasteiger partial charge in [0.05, 0.1) is 0 Å². The van der Waals surface area contributed by atoms with Crippen LogP contribution in [0.3, 0.4) is 0 Å². The molecule has 1 saturated heterocycles. The number of benzene rings is 1. The van der Waals surface area contributed by atoms with Crippen molar-refractivity contribution in [1.82, 2.24) is 10.2 Å². The van der Waals surface area contributed by atoms with Crippen LogP contribution in [0.25, 0.3) is 0 Å². The van der Waals surface area contributed by atoms with Crippen molar-refractivity contribution < 1.29 is 0 Å². The first-order valence-corrected chi connectivity index (χ1v) is 8.76. The number of nitrogens with zero attached hydrogens (tertiary/aromatic N) is 1. The van der Waals surface area contributed by atoms with Crippen LogP contribution in [-0.4, -0.2) is 30.6 Å². The van der Waals surface area contributed by atoms with Crippen LogP contribution in [0.4, 0.5) is 0 Å². The minimum Gasteiger partial charge on any atom is -0.313 e. The third-order valence-electron chi connectivity index (χ3n) is 4.19. The Morgan fingerprint density at radius 3 is 2.85 bits per heavy atom. The summed E-state index contributed by atoms with van der Waals surface area (Å²) in [5, 5.41) is 3.64. The van der Waals surface area contributed by atoms with E-state index in [2.05, 4.69) is 64.3 Å². The van der Waals surface area contributed by atoms with Gasteiger partial charge in [-0.3, -0.25) is 4.90 Å². The molecule has 3 heteroatoms. The van der Waals surface area contributed by atoms with Crippen molar-refractivity contribution in [3.05, 3.63) is 34.3 Å². The summed E-state index contributed by atoms with van der Waals surface area (Å²) in [5.74, 6) is 0. The molecule has 0 aromatic heterocycles. The van der Waals surface area contributed by atoms with Crippen LogP contribution in [0.2, 0.25) is 0 Å². The van der Waals surface area contributed by atoms with E-state index in [4.69, 9.17) is 0 Å².